The number of amides is 1. The van der Waals surface area contributed by atoms with Crippen molar-refractivity contribution in [3.8, 4) is 0 Å². The van der Waals surface area contributed by atoms with E-state index in [1.807, 2.05) is 19.1 Å². The fourth-order valence-corrected chi connectivity index (χ4v) is 3.42. The maximum Gasteiger partial charge on any atom is 0.250 e. The predicted octanol–water partition coefficient (Wildman–Crippen LogP) is 3.70. The molecule has 19 heavy (non-hydrogen) atoms. The number of nitrogens with one attached hydrogen (secondary N) is 2. The molecule has 1 aromatic carbocycles. The molecule has 1 saturated carbocycles. The van der Waals surface area contributed by atoms with Crippen LogP contribution in [0.4, 0.5) is 11.4 Å². The number of benzene rings is 1. The molecule has 3 nitrogen and oxygen atoms in total. The van der Waals surface area contributed by atoms with Crippen molar-refractivity contribution < 1.29 is 4.79 Å². The second-order valence-electron chi connectivity index (χ2n) is 6.01. The molecule has 0 atom stereocenters. The molecule has 1 fully saturated rings. The molecule has 2 aliphatic rings. The van der Waals surface area contributed by atoms with Crippen LogP contribution >= 0.6 is 0 Å². The maximum absolute atomic E-state index is 12.5. The van der Waals surface area contributed by atoms with Crippen LogP contribution in [0.25, 0.3) is 0 Å². The van der Waals surface area contributed by atoms with Crippen molar-refractivity contribution in [3.05, 3.63) is 23.8 Å². The van der Waals surface area contributed by atoms with Gasteiger partial charge in [0.15, 0.2) is 0 Å². The summed E-state index contributed by atoms with van der Waals surface area (Å²) in [5.74, 6) is 0.947. The van der Waals surface area contributed by atoms with Gasteiger partial charge >= 0.3 is 0 Å². The van der Waals surface area contributed by atoms with Gasteiger partial charge in [-0.3, -0.25) is 4.79 Å². The Hall–Kier alpha value is -1.51. The first kappa shape index (κ1) is 12.5. The van der Waals surface area contributed by atoms with Crippen LogP contribution in [-0.4, -0.2) is 11.4 Å². The van der Waals surface area contributed by atoms with Crippen molar-refractivity contribution in [1.29, 1.82) is 0 Å². The smallest absolute Gasteiger partial charge is 0.250 e. The first-order valence-corrected chi connectivity index (χ1v) is 7.34. The fourth-order valence-electron chi connectivity index (χ4n) is 3.42. The Morgan fingerprint density at radius 3 is 2.74 bits per heavy atom. The van der Waals surface area contributed by atoms with Gasteiger partial charge in [0.25, 0.3) is 0 Å². The first-order valence-electron chi connectivity index (χ1n) is 7.34. The highest BCUT2D eigenvalue weighted by Gasteiger charge is 2.44. The van der Waals surface area contributed by atoms with Gasteiger partial charge in [-0.2, -0.15) is 0 Å². The van der Waals surface area contributed by atoms with Gasteiger partial charge in [-0.05, 0) is 50.2 Å². The quantitative estimate of drug-likeness (QED) is 0.806. The predicted molar refractivity (Wildman–Crippen MR) is 78.4 cm³/mol. The molecule has 1 aromatic rings. The number of rotatable bonds is 1. The molecular weight excluding hydrogens is 236 g/mol. The number of carbonyl (C=O) groups excluding carboxylic acids is 1. The lowest BCUT2D eigenvalue weighted by atomic mass is 9.74. The van der Waals surface area contributed by atoms with E-state index in [2.05, 4.69) is 23.6 Å². The molecule has 102 valence electrons. The summed E-state index contributed by atoms with van der Waals surface area (Å²) in [5, 5.41) is 6.66. The molecule has 0 radical (unpaired) electrons. The van der Waals surface area contributed by atoms with Crippen molar-refractivity contribution >= 4 is 17.3 Å². The molecule has 1 aliphatic carbocycles. The van der Waals surface area contributed by atoms with Crippen LogP contribution in [0.1, 0.15) is 44.6 Å². The lowest BCUT2D eigenvalue weighted by Crippen LogP contribution is -2.54. The van der Waals surface area contributed by atoms with E-state index in [4.69, 9.17) is 0 Å². The van der Waals surface area contributed by atoms with Crippen molar-refractivity contribution in [2.75, 3.05) is 10.6 Å². The Morgan fingerprint density at radius 2 is 2.05 bits per heavy atom. The Balaban J connectivity index is 1.88. The molecule has 3 rings (SSSR count). The maximum atomic E-state index is 12.5. The van der Waals surface area contributed by atoms with Crippen LogP contribution in [0.15, 0.2) is 18.2 Å². The van der Waals surface area contributed by atoms with Gasteiger partial charge in [0.2, 0.25) is 5.91 Å². The number of hydrogen-bond acceptors (Lipinski definition) is 2. The third kappa shape index (κ3) is 2.01. The molecule has 1 amide bonds. The van der Waals surface area contributed by atoms with Crippen LogP contribution in [-0.2, 0) is 4.79 Å². The molecular formula is C16H22N2O. The monoisotopic (exact) mass is 258 g/mol. The largest absolute Gasteiger partial charge is 0.370 e. The summed E-state index contributed by atoms with van der Waals surface area (Å²) in [6, 6.07) is 6.15. The number of hydrogen-bond donors (Lipinski definition) is 2. The van der Waals surface area contributed by atoms with Crippen LogP contribution < -0.4 is 10.6 Å². The van der Waals surface area contributed by atoms with Gasteiger partial charge < -0.3 is 10.6 Å². The zero-order chi connectivity index (χ0) is 13.5. The van der Waals surface area contributed by atoms with E-state index in [1.54, 1.807) is 0 Å². The number of anilines is 2. The van der Waals surface area contributed by atoms with Crippen LogP contribution in [0, 0.1) is 12.8 Å². The standard InChI is InChI=1S/C16H22N2O/c1-3-12-7-9-16(10-8-12)15(19)17-14-11(2)5-4-6-13(14)18-16/h4-6,12,18H,3,7-10H2,1-2H3,(H,17,19). The molecule has 0 bridgehead atoms. The third-order valence-electron chi connectivity index (χ3n) is 4.86. The SMILES string of the molecule is CCC1CCC2(CC1)Nc1cccc(C)c1NC2=O. The van der Waals surface area contributed by atoms with E-state index in [0.717, 1.165) is 48.5 Å². The lowest BCUT2D eigenvalue weighted by molar-refractivity contribution is -0.121. The van der Waals surface area contributed by atoms with Crippen LogP contribution in [0.3, 0.4) is 0 Å². The average Bonchev–Trinajstić information content (AvgIpc) is 2.42. The summed E-state index contributed by atoms with van der Waals surface area (Å²) in [5.41, 5.74) is 2.78. The number of carbonyl (C=O) groups is 1. The Bertz CT molecular complexity index is 501. The topological polar surface area (TPSA) is 41.1 Å². The van der Waals surface area contributed by atoms with Crippen LogP contribution in [0.2, 0.25) is 0 Å². The first-order chi connectivity index (χ1) is 9.14. The highest BCUT2D eigenvalue weighted by molar-refractivity contribution is 6.06. The van der Waals surface area contributed by atoms with E-state index in [9.17, 15) is 4.79 Å². The summed E-state index contributed by atoms with van der Waals surface area (Å²) in [6.07, 6.45) is 5.43. The summed E-state index contributed by atoms with van der Waals surface area (Å²) in [6.45, 7) is 4.28. The van der Waals surface area contributed by atoms with E-state index < -0.39 is 0 Å². The minimum Gasteiger partial charge on any atom is -0.370 e. The summed E-state index contributed by atoms with van der Waals surface area (Å²) in [7, 11) is 0. The van der Waals surface area contributed by atoms with E-state index in [0.29, 0.717) is 0 Å². The molecule has 2 N–H and O–H groups in total. The van der Waals surface area contributed by atoms with Crippen molar-refractivity contribution in [3.63, 3.8) is 0 Å². The molecule has 1 spiro atoms. The van der Waals surface area contributed by atoms with Crippen molar-refractivity contribution in [2.45, 2.75) is 51.5 Å². The van der Waals surface area contributed by atoms with Gasteiger partial charge in [-0.1, -0.05) is 25.5 Å². The van der Waals surface area contributed by atoms with Gasteiger partial charge in [0, 0.05) is 0 Å². The fraction of sp³-hybridized carbons (Fsp3) is 0.562. The summed E-state index contributed by atoms with van der Waals surface area (Å²) >= 11 is 0. The normalized spacial score (nSPS) is 29.6. The minimum atomic E-state index is -0.369. The second kappa shape index (κ2) is 4.55. The summed E-state index contributed by atoms with van der Waals surface area (Å²) < 4.78 is 0. The third-order valence-corrected chi connectivity index (χ3v) is 4.86. The molecule has 1 heterocycles. The summed E-state index contributed by atoms with van der Waals surface area (Å²) in [4.78, 5) is 12.5. The molecule has 3 heteroatoms. The zero-order valence-electron chi connectivity index (χ0n) is 11.8. The lowest BCUT2D eigenvalue weighted by Gasteiger charge is -2.43. The van der Waals surface area contributed by atoms with Crippen LogP contribution in [0.5, 0.6) is 0 Å². The second-order valence-corrected chi connectivity index (χ2v) is 6.01. The molecule has 0 saturated heterocycles. The highest BCUT2D eigenvalue weighted by atomic mass is 16.2. The number of para-hydroxylation sites is 1. The van der Waals surface area contributed by atoms with Gasteiger partial charge in [0.05, 0.1) is 11.4 Å². The number of aryl methyl sites for hydroxylation is 1. The molecule has 1 aliphatic heterocycles. The zero-order valence-corrected chi connectivity index (χ0v) is 11.8. The minimum absolute atomic E-state index is 0.156. The van der Waals surface area contributed by atoms with Gasteiger partial charge in [-0.25, -0.2) is 0 Å². The highest BCUT2D eigenvalue weighted by Crippen LogP contribution is 2.42. The van der Waals surface area contributed by atoms with E-state index >= 15 is 0 Å². The van der Waals surface area contributed by atoms with Crippen molar-refractivity contribution in [2.24, 2.45) is 5.92 Å². The Kier molecular flexibility index (Phi) is 3.00. The molecule has 0 unspecified atom stereocenters. The Morgan fingerprint density at radius 1 is 1.32 bits per heavy atom. The average molecular weight is 258 g/mol. The Labute approximate surface area is 114 Å². The number of fused-ring (bicyclic) bond motifs is 1. The molecule has 0 aromatic heterocycles. The van der Waals surface area contributed by atoms with E-state index in [1.165, 1.54) is 6.42 Å². The van der Waals surface area contributed by atoms with Gasteiger partial charge in [-0.15, -0.1) is 0 Å². The van der Waals surface area contributed by atoms with E-state index in [-0.39, 0.29) is 11.4 Å². The van der Waals surface area contributed by atoms with Crippen molar-refractivity contribution in [1.82, 2.24) is 0 Å². The van der Waals surface area contributed by atoms with Gasteiger partial charge in [0.1, 0.15) is 5.54 Å².